The average Bonchev–Trinajstić information content (AvgIpc) is 2.77. The number of halogens is 1. The van der Waals surface area contributed by atoms with Crippen LogP contribution in [0.15, 0.2) is 54.9 Å². The molecule has 30 heavy (non-hydrogen) atoms. The number of ether oxygens (including phenoxy) is 1. The SMILES string of the molecule is COc1ccccc1C(=O)NNc1ncnc(NNC(=O)c2ccc(F)cc2)c1N. The monoisotopic (exact) mass is 411 g/mol. The highest BCUT2D eigenvalue weighted by molar-refractivity contribution is 5.98. The molecule has 11 heteroatoms. The van der Waals surface area contributed by atoms with Gasteiger partial charge in [0.2, 0.25) is 0 Å². The Morgan fingerprint density at radius 1 is 0.933 bits per heavy atom. The summed E-state index contributed by atoms with van der Waals surface area (Å²) in [4.78, 5) is 32.3. The molecule has 0 spiro atoms. The molecular weight excluding hydrogens is 393 g/mol. The van der Waals surface area contributed by atoms with Gasteiger partial charge in [0.15, 0.2) is 11.6 Å². The molecule has 0 unspecified atom stereocenters. The molecule has 154 valence electrons. The number of nitrogens with one attached hydrogen (secondary N) is 4. The Balaban J connectivity index is 1.64. The lowest BCUT2D eigenvalue weighted by Gasteiger charge is -2.14. The molecule has 0 bridgehead atoms. The van der Waals surface area contributed by atoms with Gasteiger partial charge in [0.05, 0.1) is 12.7 Å². The second kappa shape index (κ2) is 9.19. The molecule has 1 heterocycles. The molecule has 0 aliphatic carbocycles. The molecule has 1 aromatic heterocycles. The van der Waals surface area contributed by atoms with Crippen LogP contribution in [-0.4, -0.2) is 28.9 Å². The Bertz CT molecular complexity index is 1060. The number of hydrazine groups is 2. The Labute approximate surface area is 170 Å². The van der Waals surface area contributed by atoms with Crippen molar-refractivity contribution < 1.29 is 18.7 Å². The third kappa shape index (κ3) is 4.70. The minimum atomic E-state index is -0.521. The summed E-state index contributed by atoms with van der Waals surface area (Å²) in [5.41, 5.74) is 16.6. The third-order valence-corrected chi connectivity index (χ3v) is 3.93. The molecule has 0 aliphatic rings. The molecule has 0 saturated carbocycles. The fraction of sp³-hybridized carbons (Fsp3) is 0.0526. The summed E-state index contributed by atoms with van der Waals surface area (Å²) in [6.45, 7) is 0. The number of aromatic nitrogens is 2. The van der Waals surface area contributed by atoms with Gasteiger partial charge >= 0.3 is 0 Å². The molecule has 2 amide bonds. The fourth-order valence-electron chi connectivity index (χ4n) is 2.40. The first-order chi connectivity index (χ1) is 14.5. The topological polar surface area (TPSA) is 143 Å². The van der Waals surface area contributed by atoms with Crippen molar-refractivity contribution in [3.8, 4) is 5.75 Å². The number of para-hydroxylation sites is 1. The van der Waals surface area contributed by atoms with Gasteiger partial charge in [0, 0.05) is 5.56 Å². The minimum absolute atomic E-state index is 0.0391. The number of nitrogens with zero attached hydrogens (tertiary/aromatic N) is 2. The van der Waals surface area contributed by atoms with E-state index in [2.05, 4.69) is 31.7 Å². The molecule has 0 radical (unpaired) electrons. The van der Waals surface area contributed by atoms with Crippen LogP contribution in [0.5, 0.6) is 5.75 Å². The van der Waals surface area contributed by atoms with Gasteiger partial charge in [-0.15, -0.1) is 0 Å². The quantitative estimate of drug-likeness (QED) is 0.370. The molecular formula is C19H18FN7O3. The van der Waals surface area contributed by atoms with Crippen LogP contribution in [0.2, 0.25) is 0 Å². The van der Waals surface area contributed by atoms with Gasteiger partial charge in [0.1, 0.15) is 23.6 Å². The van der Waals surface area contributed by atoms with Gasteiger partial charge in [-0.1, -0.05) is 12.1 Å². The summed E-state index contributed by atoms with van der Waals surface area (Å²) >= 11 is 0. The van der Waals surface area contributed by atoms with E-state index in [-0.39, 0.29) is 22.9 Å². The van der Waals surface area contributed by atoms with Crippen molar-refractivity contribution >= 4 is 29.1 Å². The zero-order chi connectivity index (χ0) is 21.5. The van der Waals surface area contributed by atoms with E-state index in [1.54, 1.807) is 24.3 Å². The molecule has 3 aromatic rings. The number of amides is 2. The van der Waals surface area contributed by atoms with Crippen molar-refractivity contribution in [2.45, 2.75) is 0 Å². The van der Waals surface area contributed by atoms with E-state index in [1.807, 2.05) is 0 Å². The van der Waals surface area contributed by atoms with E-state index in [9.17, 15) is 14.0 Å². The van der Waals surface area contributed by atoms with Crippen LogP contribution in [0, 0.1) is 5.82 Å². The zero-order valence-corrected chi connectivity index (χ0v) is 15.8. The number of anilines is 3. The molecule has 0 atom stereocenters. The van der Waals surface area contributed by atoms with Crippen LogP contribution in [0.25, 0.3) is 0 Å². The van der Waals surface area contributed by atoms with Crippen LogP contribution in [0.4, 0.5) is 21.7 Å². The lowest BCUT2D eigenvalue weighted by Crippen LogP contribution is -2.32. The van der Waals surface area contributed by atoms with E-state index in [1.165, 1.54) is 37.7 Å². The van der Waals surface area contributed by atoms with Crippen molar-refractivity contribution in [3.05, 3.63) is 71.8 Å². The van der Waals surface area contributed by atoms with Crippen molar-refractivity contribution in [2.24, 2.45) is 0 Å². The highest BCUT2D eigenvalue weighted by Gasteiger charge is 2.14. The number of carbonyl (C=O) groups is 2. The molecule has 0 aliphatic heterocycles. The predicted molar refractivity (Wildman–Crippen MR) is 108 cm³/mol. The smallest absolute Gasteiger partial charge is 0.273 e. The molecule has 6 N–H and O–H groups in total. The predicted octanol–water partition coefficient (Wildman–Crippen LogP) is 1.72. The highest BCUT2D eigenvalue weighted by Crippen LogP contribution is 2.22. The summed E-state index contributed by atoms with van der Waals surface area (Å²) in [5.74, 6) is -0.846. The number of nitrogens with two attached hydrogens (primary N) is 1. The Morgan fingerprint density at radius 3 is 2.17 bits per heavy atom. The highest BCUT2D eigenvalue weighted by atomic mass is 19.1. The second-order valence-electron chi connectivity index (χ2n) is 5.85. The van der Waals surface area contributed by atoms with Crippen molar-refractivity contribution in [1.29, 1.82) is 0 Å². The first-order valence-corrected chi connectivity index (χ1v) is 8.61. The minimum Gasteiger partial charge on any atom is -0.496 e. The largest absolute Gasteiger partial charge is 0.496 e. The standard InChI is InChI=1S/C19H18FN7O3/c1-30-14-5-3-2-4-13(14)19(29)27-25-17-15(21)16(22-10-23-17)24-26-18(28)11-6-8-12(20)9-7-11/h2-10H,21H2,1H3,(H,26,28)(H,27,29)(H2,22,23,24,25). The van der Waals surface area contributed by atoms with E-state index in [0.29, 0.717) is 11.3 Å². The van der Waals surface area contributed by atoms with Gasteiger partial charge in [-0.2, -0.15) is 0 Å². The summed E-state index contributed by atoms with van der Waals surface area (Å²) in [6.07, 6.45) is 1.18. The maximum atomic E-state index is 13.0. The number of methoxy groups -OCH3 is 1. The number of rotatable bonds is 7. The zero-order valence-electron chi connectivity index (χ0n) is 15.8. The fourth-order valence-corrected chi connectivity index (χ4v) is 2.40. The average molecular weight is 411 g/mol. The summed E-state index contributed by atoms with van der Waals surface area (Å²) in [6, 6.07) is 11.7. The first-order valence-electron chi connectivity index (χ1n) is 8.61. The van der Waals surface area contributed by atoms with Crippen LogP contribution >= 0.6 is 0 Å². The number of nitrogen functional groups attached to an aromatic ring is 1. The van der Waals surface area contributed by atoms with Gasteiger partial charge < -0.3 is 10.5 Å². The Kier molecular flexibility index (Phi) is 6.23. The van der Waals surface area contributed by atoms with Gasteiger partial charge in [0.25, 0.3) is 11.8 Å². The first kappa shape index (κ1) is 20.3. The van der Waals surface area contributed by atoms with Crippen molar-refractivity contribution in [3.63, 3.8) is 0 Å². The number of hydrogen-bond donors (Lipinski definition) is 5. The summed E-state index contributed by atoms with van der Waals surface area (Å²) in [7, 11) is 1.46. The Hall–Kier alpha value is -4.41. The van der Waals surface area contributed by atoms with Crippen molar-refractivity contribution in [1.82, 2.24) is 20.8 Å². The van der Waals surface area contributed by atoms with Gasteiger partial charge in [-0.05, 0) is 36.4 Å². The van der Waals surface area contributed by atoms with Crippen LogP contribution in [0.3, 0.4) is 0 Å². The lowest BCUT2D eigenvalue weighted by atomic mass is 10.2. The summed E-state index contributed by atoms with van der Waals surface area (Å²) < 4.78 is 18.1. The maximum Gasteiger partial charge on any atom is 0.273 e. The van der Waals surface area contributed by atoms with Crippen LogP contribution < -0.4 is 32.2 Å². The van der Waals surface area contributed by atoms with E-state index in [0.717, 1.165) is 0 Å². The number of carbonyl (C=O) groups excluding carboxylic acids is 2. The van der Waals surface area contributed by atoms with Crippen LogP contribution in [-0.2, 0) is 0 Å². The molecule has 10 nitrogen and oxygen atoms in total. The van der Waals surface area contributed by atoms with Crippen LogP contribution in [0.1, 0.15) is 20.7 Å². The molecule has 0 saturated heterocycles. The Morgan fingerprint density at radius 2 is 1.53 bits per heavy atom. The van der Waals surface area contributed by atoms with E-state index >= 15 is 0 Å². The van der Waals surface area contributed by atoms with Gasteiger partial charge in [-0.25, -0.2) is 14.4 Å². The molecule has 3 rings (SSSR count). The van der Waals surface area contributed by atoms with Crippen molar-refractivity contribution in [2.75, 3.05) is 23.7 Å². The third-order valence-electron chi connectivity index (χ3n) is 3.93. The second-order valence-corrected chi connectivity index (χ2v) is 5.85. The molecule has 0 fully saturated rings. The molecule has 2 aromatic carbocycles. The summed E-state index contributed by atoms with van der Waals surface area (Å²) in [5, 5.41) is 0. The maximum absolute atomic E-state index is 13.0. The normalized spacial score (nSPS) is 10.1. The van der Waals surface area contributed by atoms with E-state index in [4.69, 9.17) is 10.5 Å². The number of hydrogen-bond acceptors (Lipinski definition) is 8. The lowest BCUT2D eigenvalue weighted by molar-refractivity contribution is 0.0953. The van der Waals surface area contributed by atoms with E-state index < -0.39 is 17.6 Å². The van der Waals surface area contributed by atoms with Gasteiger partial charge in [-0.3, -0.25) is 31.3 Å². The number of benzene rings is 2.